The summed E-state index contributed by atoms with van der Waals surface area (Å²) in [5.41, 5.74) is -0.138. The first kappa shape index (κ1) is 16.8. The molecule has 8 heteroatoms. The van der Waals surface area contributed by atoms with E-state index in [9.17, 15) is 9.59 Å². The molecule has 0 N–H and O–H groups in total. The van der Waals surface area contributed by atoms with Crippen LogP contribution in [0.1, 0.15) is 25.1 Å². The average Bonchev–Trinajstić information content (AvgIpc) is 2.96. The van der Waals surface area contributed by atoms with Crippen LogP contribution in [0, 0.1) is 5.92 Å². The molecular weight excluding hydrogens is 334 g/mol. The Kier molecular flexibility index (Phi) is 4.48. The number of aryl methyl sites for hydroxylation is 2. The van der Waals surface area contributed by atoms with E-state index in [2.05, 4.69) is 10.1 Å². The lowest BCUT2D eigenvalue weighted by molar-refractivity contribution is -0.138. The van der Waals surface area contributed by atoms with Crippen molar-refractivity contribution < 1.29 is 9.53 Å². The summed E-state index contributed by atoms with van der Waals surface area (Å²) in [6.45, 7) is 1.82. The number of hydrogen-bond donors (Lipinski definition) is 0. The summed E-state index contributed by atoms with van der Waals surface area (Å²) in [5.74, 6) is 1.56. The molecule has 0 saturated carbocycles. The van der Waals surface area contributed by atoms with Crippen molar-refractivity contribution in [2.24, 2.45) is 13.0 Å². The van der Waals surface area contributed by atoms with Crippen LogP contribution in [-0.2, 0) is 24.8 Å². The van der Waals surface area contributed by atoms with Gasteiger partial charge in [0.25, 0.3) is 0 Å². The summed E-state index contributed by atoms with van der Waals surface area (Å²) in [4.78, 5) is 30.9. The van der Waals surface area contributed by atoms with E-state index >= 15 is 0 Å². The number of nitrogens with zero attached hydrogens (tertiary/aromatic N) is 5. The molecule has 0 aromatic carbocycles. The third-order valence-corrected chi connectivity index (χ3v) is 5.24. The van der Waals surface area contributed by atoms with Crippen LogP contribution >= 0.6 is 0 Å². The molecule has 2 aliphatic heterocycles. The number of aromatic nitrogens is 4. The second kappa shape index (κ2) is 6.93. The molecule has 1 fully saturated rings. The van der Waals surface area contributed by atoms with Crippen molar-refractivity contribution in [1.82, 2.24) is 24.2 Å². The van der Waals surface area contributed by atoms with Gasteiger partial charge < -0.3 is 9.64 Å². The lowest BCUT2D eigenvalue weighted by Gasteiger charge is -2.35. The number of fused-ring (bicyclic) bond motifs is 1. The number of carbonyl (C=O) groups is 1. The van der Waals surface area contributed by atoms with E-state index in [-0.39, 0.29) is 23.6 Å². The standard InChI is InChI=1S/C18H23N5O3/c1-21-18(25)23-12-13(4-5-16(23)20-21)17(24)22-9-6-14(7-10-22)26-15-3-2-8-19-11-15/h2-3,8,11,13-14H,4-7,9-10,12H2,1H3/t13-/m1/s1. The molecule has 8 nitrogen and oxygen atoms in total. The highest BCUT2D eigenvalue weighted by Crippen LogP contribution is 2.23. The third kappa shape index (κ3) is 3.23. The molecule has 138 valence electrons. The summed E-state index contributed by atoms with van der Waals surface area (Å²) in [7, 11) is 1.65. The molecule has 0 unspecified atom stereocenters. The predicted molar refractivity (Wildman–Crippen MR) is 93.7 cm³/mol. The van der Waals surface area contributed by atoms with Crippen LogP contribution < -0.4 is 10.4 Å². The lowest BCUT2D eigenvalue weighted by Crippen LogP contribution is -2.46. The minimum Gasteiger partial charge on any atom is -0.489 e. The fourth-order valence-electron chi connectivity index (χ4n) is 3.80. The lowest BCUT2D eigenvalue weighted by atomic mass is 9.96. The smallest absolute Gasteiger partial charge is 0.345 e. The Labute approximate surface area is 151 Å². The van der Waals surface area contributed by atoms with Gasteiger partial charge in [-0.25, -0.2) is 9.48 Å². The molecule has 4 heterocycles. The molecule has 1 atom stereocenters. The Morgan fingerprint density at radius 1 is 1.27 bits per heavy atom. The van der Waals surface area contributed by atoms with Crippen LogP contribution in [0.5, 0.6) is 5.75 Å². The van der Waals surface area contributed by atoms with Crippen molar-refractivity contribution in [3.05, 3.63) is 40.8 Å². The summed E-state index contributed by atoms with van der Waals surface area (Å²) >= 11 is 0. The van der Waals surface area contributed by atoms with Crippen LogP contribution in [0.2, 0.25) is 0 Å². The van der Waals surface area contributed by atoms with E-state index in [4.69, 9.17) is 4.74 Å². The van der Waals surface area contributed by atoms with Gasteiger partial charge >= 0.3 is 5.69 Å². The molecule has 26 heavy (non-hydrogen) atoms. The molecule has 2 aromatic rings. The van der Waals surface area contributed by atoms with Gasteiger partial charge in [-0.15, -0.1) is 0 Å². The Morgan fingerprint density at radius 2 is 2.08 bits per heavy atom. The van der Waals surface area contributed by atoms with Crippen molar-refractivity contribution in [3.63, 3.8) is 0 Å². The number of hydrogen-bond acceptors (Lipinski definition) is 5. The highest BCUT2D eigenvalue weighted by atomic mass is 16.5. The van der Waals surface area contributed by atoms with Gasteiger partial charge in [-0.1, -0.05) is 0 Å². The maximum Gasteiger partial charge on any atom is 0.345 e. The average molecular weight is 357 g/mol. The molecule has 0 bridgehead atoms. The van der Waals surface area contributed by atoms with Gasteiger partial charge in [-0.3, -0.25) is 14.3 Å². The number of rotatable bonds is 3. The minimum absolute atomic E-state index is 0.113. The Bertz CT molecular complexity index is 836. The third-order valence-electron chi connectivity index (χ3n) is 5.24. The van der Waals surface area contributed by atoms with Gasteiger partial charge in [0.2, 0.25) is 5.91 Å². The molecule has 2 aliphatic rings. The minimum atomic E-state index is -0.139. The molecule has 1 amide bonds. The van der Waals surface area contributed by atoms with Gasteiger partial charge in [-0.05, 0) is 18.6 Å². The Balaban J connectivity index is 1.34. The topological polar surface area (TPSA) is 82.2 Å². The quantitative estimate of drug-likeness (QED) is 0.804. The largest absolute Gasteiger partial charge is 0.489 e. The molecule has 4 rings (SSSR count). The number of pyridine rings is 1. The molecule has 0 radical (unpaired) electrons. The number of amides is 1. The van der Waals surface area contributed by atoms with Crippen molar-refractivity contribution in [2.45, 2.75) is 38.3 Å². The fourth-order valence-corrected chi connectivity index (χ4v) is 3.80. The monoisotopic (exact) mass is 357 g/mol. The number of carbonyl (C=O) groups excluding carboxylic acids is 1. The Hall–Kier alpha value is -2.64. The van der Waals surface area contributed by atoms with E-state index in [0.29, 0.717) is 26.1 Å². The van der Waals surface area contributed by atoms with Gasteiger partial charge in [-0.2, -0.15) is 5.10 Å². The summed E-state index contributed by atoms with van der Waals surface area (Å²) < 4.78 is 8.93. The van der Waals surface area contributed by atoms with Crippen molar-refractivity contribution in [2.75, 3.05) is 13.1 Å². The van der Waals surface area contributed by atoms with E-state index in [0.717, 1.165) is 30.8 Å². The van der Waals surface area contributed by atoms with Crippen LogP contribution in [0.15, 0.2) is 29.3 Å². The second-order valence-electron chi connectivity index (χ2n) is 7.00. The molecule has 0 aliphatic carbocycles. The fraction of sp³-hybridized carbons (Fsp3) is 0.556. The van der Waals surface area contributed by atoms with Crippen LogP contribution in [-0.4, -0.2) is 49.3 Å². The van der Waals surface area contributed by atoms with Gasteiger partial charge in [0.05, 0.1) is 12.1 Å². The van der Waals surface area contributed by atoms with E-state index in [1.165, 1.54) is 4.68 Å². The first-order valence-corrected chi connectivity index (χ1v) is 9.10. The first-order valence-electron chi connectivity index (χ1n) is 9.10. The van der Waals surface area contributed by atoms with Crippen LogP contribution in [0.4, 0.5) is 0 Å². The molecule has 0 spiro atoms. The normalized spacial score (nSPS) is 20.7. The molecule has 2 aromatic heterocycles. The highest BCUT2D eigenvalue weighted by molar-refractivity contribution is 5.79. The van der Waals surface area contributed by atoms with Gasteiger partial charge in [0.1, 0.15) is 17.7 Å². The molecule has 1 saturated heterocycles. The first-order chi connectivity index (χ1) is 12.6. The highest BCUT2D eigenvalue weighted by Gasteiger charge is 2.32. The maximum absolute atomic E-state index is 12.9. The van der Waals surface area contributed by atoms with Gasteiger partial charge in [0.15, 0.2) is 0 Å². The zero-order valence-electron chi connectivity index (χ0n) is 14.9. The van der Waals surface area contributed by atoms with Crippen molar-refractivity contribution >= 4 is 5.91 Å². The number of piperidine rings is 1. The Morgan fingerprint density at radius 3 is 2.81 bits per heavy atom. The molecular formula is C18H23N5O3. The zero-order valence-corrected chi connectivity index (χ0v) is 14.9. The summed E-state index contributed by atoms with van der Waals surface area (Å²) in [6, 6.07) is 3.75. The van der Waals surface area contributed by atoms with Gasteiger partial charge in [0, 0.05) is 52.1 Å². The van der Waals surface area contributed by atoms with Crippen molar-refractivity contribution in [1.29, 1.82) is 0 Å². The number of ether oxygens (including phenoxy) is 1. The van der Waals surface area contributed by atoms with E-state index < -0.39 is 0 Å². The summed E-state index contributed by atoms with van der Waals surface area (Å²) in [5, 5.41) is 4.23. The SMILES string of the molecule is Cn1nc2n(c1=O)C[C@H](C(=O)N1CCC(Oc3cccnc3)CC1)CC2. The second-order valence-corrected chi connectivity index (χ2v) is 7.00. The zero-order chi connectivity index (χ0) is 18.1. The predicted octanol–water partition coefficient (Wildman–Crippen LogP) is 0.609. The maximum atomic E-state index is 12.9. The van der Waals surface area contributed by atoms with E-state index in [1.54, 1.807) is 24.0 Å². The van der Waals surface area contributed by atoms with Crippen LogP contribution in [0.3, 0.4) is 0 Å². The summed E-state index contributed by atoms with van der Waals surface area (Å²) in [6.07, 6.45) is 6.59. The van der Waals surface area contributed by atoms with Crippen LogP contribution in [0.25, 0.3) is 0 Å². The van der Waals surface area contributed by atoms with Crippen molar-refractivity contribution in [3.8, 4) is 5.75 Å². The van der Waals surface area contributed by atoms with E-state index in [1.807, 2.05) is 17.0 Å². The number of likely N-dealkylation sites (tertiary alicyclic amines) is 1.